The molecule has 1 aromatic rings. The van der Waals surface area contributed by atoms with E-state index >= 15 is 0 Å². The first-order valence-corrected chi connectivity index (χ1v) is 5.27. The average Bonchev–Trinajstić information content (AvgIpc) is 2.67. The van der Waals surface area contributed by atoms with Gasteiger partial charge in [-0.15, -0.1) is 0 Å². The van der Waals surface area contributed by atoms with Crippen LogP contribution in [0.4, 0.5) is 0 Å². The Kier molecular flexibility index (Phi) is 3.03. The van der Waals surface area contributed by atoms with E-state index < -0.39 is 0 Å². The summed E-state index contributed by atoms with van der Waals surface area (Å²) in [5, 5.41) is 4.07. The number of rotatable bonds is 3. The van der Waals surface area contributed by atoms with Gasteiger partial charge in [-0.2, -0.15) is 5.10 Å². The van der Waals surface area contributed by atoms with E-state index in [2.05, 4.69) is 5.10 Å². The standard InChI is InChI=1S/C10H17N3O/c11-8-13-7-10(6-12-13)14-9-4-2-1-3-5-9/h6-7,9H,1-5,8,11H2. The van der Waals surface area contributed by atoms with Gasteiger partial charge in [-0.05, 0) is 25.7 Å². The number of ether oxygens (including phenoxy) is 1. The number of hydrogen-bond donors (Lipinski definition) is 1. The van der Waals surface area contributed by atoms with E-state index in [1.165, 1.54) is 32.1 Å². The maximum Gasteiger partial charge on any atom is 0.157 e. The van der Waals surface area contributed by atoms with Crippen LogP contribution in [0.15, 0.2) is 12.4 Å². The van der Waals surface area contributed by atoms with E-state index in [9.17, 15) is 0 Å². The summed E-state index contributed by atoms with van der Waals surface area (Å²) in [6.07, 6.45) is 10.3. The summed E-state index contributed by atoms with van der Waals surface area (Å²) in [4.78, 5) is 0. The predicted molar refractivity (Wildman–Crippen MR) is 53.9 cm³/mol. The van der Waals surface area contributed by atoms with Crippen molar-refractivity contribution >= 4 is 0 Å². The Morgan fingerprint density at radius 1 is 1.43 bits per heavy atom. The van der Waals surface area contributed by atoms with E-state index in [4.69, 9.17) is 10.5 Å². The Hall–Kier alpha value is -1.03. The van der Waals surface area contributed by atoms with Crippen LogP contribution < -0.4 is 10.5 Å². The topological polar surface area (TPSA) is 53.1 Å². The van der Waals surface area contributed by atoms with Crippen LogP contribution in [0, 0.1) is 0 Å². The molecule has 1 aliphatic rings. The van der Waals surface area contributed by atoms with Gasteiger partial charge in [0.15, 0.2) is 5.75 Å². The molecule has 0 amide bonds. The average molecular weight is 195 g/mol. The zero-order valence-corrected chi connectivity index (χ0v) is 8.35. The van der Waals surface area contributed by atoms with Crippen molar-refractivity contribution in [2.24, 2.45) is 5.73 Å². The van der Waals surface area contributed by atoms with Crippen LogP contribution in [-0.4, -0.2) is 15.9 Å². The van der Waals surface area contributed by atoms with E-state index in [1.807, 2.05) is 6.20 Å². The fourth-order valence-electron chi connectivity index (χ4n) is 1.88. The molecule has 78 valence electrons. The Labute approximate surface area is 84.0 Å². The Morgan fingerprint density at radius 3 is 2.86 bits per heavy atom. The molecular formula is C10H17N3O. The van der Waals surface area contributed by atoms with Gasteiger partial charge in [0, 0.05) is 0 Å². The largest absolute Gasteiger partial charge is 0.487 e. The van der Waals surface area contributed by atoms with Crippen molar-refractivity contribution in [3.05, 3.63) is 12.4 Å². The SMILES string of the molecule is NCn1cc(OC2CCCCC2)cn1. The highest BCUT2D eigenvalue weighted by molar-refractivity contribution is 5.12. The lowest BCUT2D eigenvalue weighted by molar-refractivity contribution is 0.155. The molecule has 2 rings (SSSR count). The van der Waals surface area contributed by atoms with Crippen LogP contribution in [0.25, 0.3) is 0 Å². The van der Waals surface area contributed by atoms with E-state index in [1.54, 1.807) is 10.9 Å². The molecule has 14 heavy (non-hydrogen) atoms. The van der Waals surface area contributed by atoms with Crippen LogP contribution in [0.5, 0.6) is 5.75 Å². The molecule has 0 radical (unpaired) electrons. The quantitative estimate of drug-likeness (QED) is 0.795. The minimum atomic E-state index is 0.388. The van der Waals surface area contributed by atoms with Crippen LogP contribution in [-0.2, 0) is 6.67 Å². The van der Waals surface area contributed by atoms with Gasteiger partial charge in [0.1, 0.15) is 0 Å². The molecule has 0 aromatic carbocycles. The van der Waals surface area contributed by atoms with Gasteiger partial charge < -0.3 is 10.5 Å². The molecule has 0 saturated heterocycles. The molecule has 4 heteroatoms. The molecule has 1 fully saturated rings. The van der Waals surface area contributed by atoms with Gasteiger partial charge >= 0.3 is 0 Å². The molecule has 1 aromatic heterocycles. The van der Waals surface area contributed by atoms with Crippen LogP contribution in [0.2, 0.25) is 0 Å². The highest BCUT2D eigenvalue weighted by atomic mass is 16.5. The van der Waals surface area contributed by atoms with Gasteiger partial charge in [0.25, 0.3) is 0 Å². The fraction of sp³-hybridized carbons (Fsp3) is 0.700. The van der Waals surface area contributed by atoms with Crippen LogP contribution in [0.1, 0.15) is 32.1 Å². The molecule has 1 heterocycles. The first-order valence-electron chi connectivity index (χ1n) is 5.27. The number of nitrogens with two attached hydrogens (primary N) is 1. The summed E-state index contributed by atoms with van der Waals surface area (Å²) >= 11 is 0. The third kappa shape index (κ3) is 2.26. The Morgan fingerprint density at radius 2 is 2.21 bits per heavy atom. The van der Waals surface area contributed by atoms with Crippen molar-refractivity contribution in [3.8, 4) is 5.75 Å². The second kappa shape index (κ2) is 4.46. The molecular weight excluding hydrogens is 178 g/mol. The lowest BCUT2D eigenvalue weighted by atomic mass is 9.98. The van der Waals surface area contributed by atoms with Crippen molar-refractivity contribution in [2.75, 3.05) is 0 Å². The summed E-state index contributed by atoms with van der Waals surface area (Å²) in [5.74, 6) is 0.849. The number of nitrogens with zero attached hydrogens (tertiary/aromatic N) is 2. The second-order valence-corrected chi connectivity index (χ2v) is 3.78. The molecule has 4 nitrogen and oxygen atoms in total. The molecule has 1 saturated carbocycles. The van der Waals surface area contributed by atoms with Gasteiger partial charge in [-0.3, -0.25) is 4.68 Å². The molecule has 0 spiro atoms. The maximum atomic E-state index is 5.80. The highest BCUT2D eigenvalue weighted by Crippen LogP contribution is 2.22. The first-order chi connectivity index (χ1) is 6.88. The third-order valence-electron chi connectivity index (χ3n) is 2.65. The molecule has 1 aliphatic carbocycles. The van der Waals surface area contributed by atoms with Crippen molar-refractivity contribution in [1.82, 2.24) is 9.78 Å². The summed E-state index contributed by atoms with van der Waals surface area (Å²) in [7, 11) is 0. The molecule has 0 bridgehead atoms. The van der Waals surface area contributed by atoms with E-state index in [0.717, 1.165) is 5.75 Å². The minimum absolute atomic E-state index is 0.388. The van der Waals surface area contributed by atoms with Crippen molar-refractivity contribution in [2.45, 2.75) is 44.9 Å². The lowest BCUT2D eigenvalue weighted by Crippen LogP contribution is -2.19. The zero-order chi connectivity index (χ0) is 9.80. The zero-order valence-electron chi connectivity index (χ0n) is 8.35. The Bertz CT molecular complexity index is 279. The highest BCUT2D eigenvalue weighted by Gasteiger charge is 2.15. The molecule has 0 atom stereocenters. The van der Waals surface area contributed by atoms with E-state index in [-0.39, 0.29) is 0 Å². The van der Waals surface area contributed by atoms with Gasteiger partial charge in [0.05, 0.1) is 25.2 Å². The monoisotopic (exact) mass is 195 g/mol. The second-order valence-electron chi connectivity index (χ2n) is 3.78. The summed E-state index contributed by atoms with van der Waals surface area (Å²) in [6.45, 7) is 0.411. The maximum absolute atomic E-state index is 5.80. The fourth-order valence-corrected chi connectivity index (χ4v) is 1.88. The lowest BCUT2D eigenvalue weighted by Gasteiger charge is -2.21. The molecule has 2 N–H and O–H groups in total. The first kappa shape index (κ1) is 9.52. The molecule has 0 unspecified atom stereocenters. The summed E-state index contributed by atoms with van der Waals surface area (Å²) in [6, 6.07) is 0. The summed E-state index contributed by atoms with van der Waals surface area (Å²) < 4.78 is 7.48. The minimum Gasteiger partial charge on any atom is -0.487 e. The van der Waals surface area contributed by atoms with Crippen LogP contribution in [0.3, 0.4) is 0 Å². The normalized spacial score (nSPS) is 18.4. The van der Waals surface area contributed by atoms with Gasteiger partial charge in [-0.1, -0.05) is 6.42 Å². The van der Waals surface area contributed by atoms with Crippen molar-refractivity contribution in [1.29, 1.82) is 0 Å². The third-order valence-corrected chi connectivity index (χ3v) is 2.65. The molecule has 0 aliphatic heterocycles. The predicted octanol–water partition coefficient (Wildman–Crippen LogP) is 1.51. The summed E-state index contributed by atoms with van der Waals surface area (Å²) in [5.41, 5.74) is 5.44. The smallest absolute Gasteiger partial charge is 0.157 e. The number of aromatic nitrogens is 2. The van der Waals surface area contributed by atoms with Gasteiger partial charge in [0.2, 0.25) is 0 Å². The van der Waals surface area contributed by atoms with Crippen molar-refractivity contribution in [3.63, 3.8) is 0 Å². The van der Waals surface area contributed by atoms with Crippen molar-refractivity contribution < 1.29 is 4.74 Å². The van der Waals surface area contributed by atoms with Gasteiger partial charge in [-0.25, -0.2) is 0 Å². The van der Waals surface area contributed by atoms with E-state index in [0.29, 0.717) is 12.8 Å². The Balaban J connectivity index is 1.89. The number of hydrogen-bond acceptors (Lipinski definition) is 3. The van der Waals surface area contributed by atoms with Crippen LogP contribution >= 0.6 is 0 Å².